The van der Waals surface area contributed by atoms with Gasteiger partial charge in [0.05, 0.1) is 18.4 Å². The van der Waals surface area contributed by atoms with Crippen LogP contribution in [0.4, 0.5) is 11.4 Å². The van der Waals surface area contributed by atoms with Gasteiger partial charge in [-0.1, -0.05) is 36.4 Å². The molecule has 0 bridgehead atoms. The number of ether oxygens (including phenoxy) is 1. The van der Waals surface area contributed by atoms with Gasteiger partial charge in [0.2, 0.25) is 5.91 Å². The molecule has 9 nitrogen and oxygen atoms in total. The zero-order valence-corrected chi connectivity index (χ0v) is 24.2. The summed E-state index contributed by atoms with van der Waals surface area (Å²) in [6.45, 7) is 1.78. The molecule has 4 aromatic rings. The number of aryl methyl sites for hydroxylation is 1. The number of carbonyl (C=O) groups is 4. The first-order chi connectivity index (χ1) is 20.7. The van der Waals surface area contributed by atoms with Crippen molar-refractivity contribution in [2.45, 2.75) is 11.8 Å². The number of carboxylic acid groups (broad SMARTS) is 1. The number of nitrogens with one attached hydrogen (secondary N) is 3. The highest BCUT2D eigenvalue weighted by Gasteiger charge is 2.16. The number of amides is 3. The Balaban J connectivity index is 1.41. The van der Waals surface area contributed by atoms with Crippen LogP contribution in [0.1, 0.15) is 31.8 Å². The number of carboxylic acids is 1. The van der Waals surface area contributed by atoms with Crippen molar-refractivity contribution >= 4 is 52.9 Å². The second-order valence-electron chi connectivity index (χ2n) is 9.30. The molecule has 0 radical (unpaired) electrons. The first-order valence-corrected chi connectivity index (χ1v) is 14.1. The summed E-state index contributed by atoms with van der Waals surface area (Å²) >= 11 is 1.29. The van der Waals surface area contributed by atoms with Gasteiger partial charge in [-0.05, 0) is 84.8 Å². The third-order valence-corrected chi connectivity index (χ3v) is 7.19. The molecule has 0 aliphatic carbocycles. The van der Waals surface area contributed by atoms with Crippen LogP contribution in [0.2, 0.25) is 0 Å². The molecule has 0 aromatic heterocycles. The summed E-state index contributed by atoms with van der Waals surface area (Å²) in [5.41, 5.74) is 2.89. The van der Waals surface area contributed by atoms with Crippen LogP contribution in [0, 0.1) is 6.92 Å². The van der Waals surface area contributed by atoms with E-state index in [2.05, 4.69) is 16.0 Å². The van der Waals surface area contributed by atoms with E-state index in [1.54, 1.807) is 105 Å². The molecule has 0 atom stereocenters. The van der Waals surface area contributed by atoms with Gasteiger partial charge in [0.1, 0.15) is 11.4 Å². The fourth-order valence-electron chi connectivity index (χ4n) is 3.90. The van der Waals surface area contributed by atoms with Crippen molar-refractivity contribution in [3.05, 3.63) is 125 Å². The summed E-state index contributed by atoms with van der Waals surface area (Å²) < 4.78 is 5.27. The minimum absolute atomic E-state index is 0.0412. The number of hydrogen-bond donors (Lipinski definition) is 4. The van der Waals surface area contributed by atoms with E-state index in [1.807, 2.05) is 0 Å². The van der Waals surface area contributed by atoms with E-state index in [0.717, 1.165) is 10.5 Å². The molecule has 0 saturated heterocycles. The van der Waals surface area contributed by atoms with Crippen molar-refractivity contribution in [2.24, 2.45) is 0 Å². The summed E-state index contributed by atoms with van der Waals surface area (Å²) in [5.74, 6) is -1.60. The van der Waals surface area contributed by atoms with Gasteiger partial charge in [-0.15, -0.1) is 11.8 Å². The molecular weight excluding hydrogens is 566 g/mol. The molecule has 0 fully saturated rings. The molecule has 218 valence electrons. The normalized spacial score (nSPS) is 10.9. The minimum atomic E-state index is -1.07. The number of thioether (sulfide) groups is 1. The van der Waals surface area contributed by atoms with Gasteiger partial charge in [-0.2, -0.15) is 0 Å². The molecular formula is C33H29N3O6S. The lowest BCUT2D eigenvalue weighted by Gasteiger charge is -2.12. The van der Waals surface area contributed by atoms with E-state index in [-0.39, 0.29) is 22.9 Å². The van der Waals surface area contributed by atoms with Crippen LogP contribution >= 0.6 is 11.8 Å². The Morgan fingerprint density at radius 1 is 0.837 bits per heavy atom. The summed E-state index contributed by atoms with van der Waals surface area (Å²) in [7, 11) is 1.54. The maximum Gasteiger partial charge on any atom is 0.335 e. The number of hydrogen-bond acceptors (Lipinski definition) is 6. The first-order valence-electron chi connectivity index (χ1n) is 13.1. The van der Waals surface area contributed by atoms with E-state index >= 15 is 0 Å². The van der Waals surface area contributed by atoms with E-state index in [1.165, 1.54) is 23.9 Å². The van der Waals surface area contributed by atoms with Crippen molar-refractivity contribution in [3.8, 4) is 5.75 Å². The molecule has 0 aliphatic rings. The zero-order chi connectivity index (χ0) is 30.8. The molecule has 0 aliphatic heterocycles. The highest BCUT2D eigenvalue weighted by molar-refractivity contribution is 8.00. The van der Waals surface area contributed by atoms with E-state index in [0.29, 0.717) is 28.3 Å². The van der Waals surface area contributed by atoms with Crippen LogP contribution in [-0.2, 0) is 9.59 Å². The third kappa shape index (κ3) is 8.82. The molecule has 0 heterocycles. The lowest BCUT2D eigenvalue weighted by Crippen LogP contribution is -2.30. The number of rotatable bonds is 11. The molecule has 4 rings (SSSR count). The fraction of sp³-hybridized carbons (Fsp3) is 0.0909. The molecule has 10 heteroatoms. The van der Waals surface area contributed by atoms with Crippen LogP contribution in [0.5, 0.6) is 5.75 Å². The van der Waals surface area contributed by atoms with Crippen molar-refractivity contribution in [3.63, 3.8) is 0 Å². The predicted molar refractivity (Wildman–Crippen MR) is 167 cm³/mol. The average Bonchev–Trinajstić information content (AvgIpc) is 3.01. The first kappa shape index (κ1) is 30.6. The van der Waals surface area contributed by atoms with Crippen molar-refractivity contribution < 1.29 is 29.0 Å². The molecule has 0 spiro atoms. The Bertz CT molecular complexity index is 1670. The Kier molecular flexibility index (Phi) is 10.3. The smallest absolute Gasteiger partial charge is 0.335 e. The maximum absolute atomic E-state index is 13.3. The summed E-state index contributed by atoms with van der Waals surface area (Å²) in [6, 6.07) is 27.1. The lowest BCUT2D eigenvalue weighted by molar-refractivity contribution is -0.114. The van der Waals surface area contributed by atoms with Crippen LogP contribution in [-0.4, -0.2) is 41.7 Å². The summed E-state index contributed by atoms with van der Waals surface area (Å²) in [4.78, 5) is 50.7. The Morgan fingerprint density at radius 2 is 1.58 bits per heavy atom. The quantitative estimate of drug-likeness (QED) is 0.126. The molecule has 43 heavy (non-hydrogen) atoms. The topological polar surface area (TPSA) is 134 Å². The minimum Gasteiger partial charge on any atom is -0.497 e. The molecule has 4 N–H and O–H groups in total. The molecule has 0 unspecified atom stereocenters. The van der Waals surface area contributed by atoms with Crippen LogP contribution in [0.3, 0.4) is 0 Å². The van der Waals surface area contributed by atoms with Crippen LogP contribution in [0.25, 0.3) is 6.08 Å². The Labute approximate surface area is 253 Å². The maximum atomic E-state index is 13.3. The van der Waals surface area contributed by atoms with Gasteiger partial charge in [-0.3, -0.25) is 14.4 Å². The van der Waals surface area contributed by atoms with Gasteiger partial charge in [-0.25, -0.2) is 4.79 Å². The van der Waals surface area contributed by atoms with Gasteiger partial charge >= 0.3 is 5.97 Å². The van der Waals surface area contributed by atoms with Gasteiger partial charge in [0.25, 0.3) is 11.8 Å². The number of benzene rings is 4. The lowest BCUT2D eigenvalue weighted by atomic mass is 10.1. The molecule has 0 saturated carbocycles. The van der Waals surface area contributed by atoms with Gasteiger partial charge < -0.3 is 25.8 Å². The molecule has 4 aromatic carbocycles. The Morgan fingerprint density at radius 3 is 2.28 bits per heavy atom. The highest BCUT2D eigenvalue weighted by Crippen LogP contribution is 2.23. The van der Waals surface area contributed by atoms with E-state index in [4.69, 9.17) is 4.74 Å². The van der Waals surface area contributed by atoms with Crippen molar-refractivity contribution in [2.75, 3.05) is 23.5 Å². The second-order valence-corrected chi connectivity index (χ2v) is 10.4. The van der Waals surface area contributed by atoms with Crippen molar-refractivity contribution in [1.29, 1.82) is 0 Å². The monoisotopic (exact) mass is 595 g/mol. The summed E-state index contributed by atoms with van der Waals surface area (Å²) in [6.07, 6.45) is 1.56. The third-order valence-electron chi connectivity index (χ3n) is 6.17. The van der Waals surface area contributed by atoms with Gasteiger partial charge in [0.15, 0.2) is 0 Å². The van der Waals surface area contributed by atoms with Crippen molar-refractivity contribution in [1.82, 2.24) is 5.32 Å². The van der Waals surface area contributed by atoms with Gasteiger partial charge in [0, 0.05) is 21.8 Å². The number of carbonyl (C=O) groups excluding carboxylic acids is 3. The highest BCUT2D eigenvalue weighted by atomic mass is 32.2. The largest absolute Gasteiger partial charge is 0.497 e. The number of aromatic carboxylic acids is 1. The molecule has 3 amide bonds. The van der Waals surface area contributed by atoms with E-state index in [9.17, 15) is 24.3 Å². The summed E-state index contributed by atoms with van der Waals surface area (Å²) in [5, 5.41) is 17.5. The predicted octanol–water partition coefficient (Wildman–Crippen LogP) is 5.84. The second kappa shape index (κ2) is 14.5. The van der Waals surface area contributed by atoms with E-state index < -0.39 is 17.8 Å². The average molecular weight is 596 g/mol. The standard InChI is InChI=1S/C33H29N3O6S/c1-21-11-12-24(33(40)41)19-28(21)35-30(37)20-43-27-15-13-25(14-16-27)34-32(39)29(18-22-7-6-10-26(17-22)42-2)36-31(38)23-8-4-3-5-9-23/h3-19H,20H2,1-2H3,(H,34,39)(H,35,37)(H,36,38)(H,40,41)/b29-18-. The van der Waals surface area contributed by atoms with Crippen LogP contribution < -0.4 is 20.7 Å². The fourth-order valence-corrected chi connectivity index (χ4v) is 4.60. The Hall–Kier alpha value is -5.35. The van der Waals surface area contributed by atoms with Crippen LogP contribution in [0.15, 0.2) is 108 Å². The zero-order valence-electron chi connectivity index (χ0n) is 23.4. The number of anilines is 2. The number of methoxy groups -OCH3 is 1. The SMILES string of the molecule is COc1cccc(/C=C(\NC(=O)c2ccccc2)C(=O)Nc2ccc(SCC(=O)Nc3cc(C(=O)O)ccc3C)cc2)c1.